The number of aromatic nitrogens is 1. The zero-order valence-corrected chi connectivity index (χ0v) is 11.2. The molecule has 0 radical (unpaired) electrons. The van der Waals surface area contributed by atoms with Gasteiger partial charge in [0, 0.05) is 25.6 Å². The SMILES string of the molecule is N#Cc1cc([N+](=O)[O-])cnc1N1CCCC(CC(=O)O)C1. The van der Waals surface area contributed by atoms with E-state index in [1.54, 1.807) is 0 Å². The van der Waals surface area contributed by atoms with Crippen molar-refractivity contribution in [3.05, 3.63) is 27.9 Å². The summed E-state index contributed by atoms with van der Waals surface area (Å²) in [6, 6.07) is 3.12. The van der Waals surface area contributed by atoms with Crippen LogP contribution in [0.4, 0.5) is 11.5 Å². The Labute approximate surface area is 120 Å². The summed E-state index contributed by atoms with van der Waals surface area (Å²) in [6.45, 7) is 1.15. The number of anilines is 1. The minimum absolute atomic E-state index is 0.000199. The topological polar surface area (TPSA) is 120 Å². The molecule has 0 saturated carbocycles. The molecular formula is C13H14N4O4. The summed E-state index contributed by atoms with van der Waals surface area (Å²) in [5.41, 5.74) is -0.0884. The van der Waals surface area contributed by atoms with Crippen LogP contribution in [-0.4, -0.2) is 34.1 Å². The van der Waals surface area contributed by atoms with Gasteiger partial charge in [-0.2, -0.15) is 5.26 Å². The predicted octanol–water partition coefficient (Wildman–Crippen LogP) is 1.55. The van der Waals surface area contributed by atoms with Crippen molar-refractivity contribution in [1.29, 1.82) is 5.26 Å². The van der Waals surface area contributed by atoms with Crippen molar-refractivity contribution in [3.63, 3.8) is 0 Å². The molecule has 1 aromatic heterocycles. The molecule has 8 nitrogen and oxygen atoms in total. The first-order valence-corrected chi connectivity index (χ1v) is 6.52. The molecule has 1 aromatic rings. The van der Waals surface area contributed by atoms with Gasteiger partial charge < -0.3 is 10.0 Å². The van der Waals surface area contributed by atoms with Gasteiger partial charge in [0.15, 0.2) is 0 Å². The number of carboxylic acid groups (broad SMARTS) is 1. The summed E-state index contributed by atoms with van der Waals surface area (Å²) in [5, 5.41) is 28.7. The molecule has 1 aliphatic rings. The fourth-order valence-corrected chi connectivity index (χ4v) is 2.55. The van der Waals surface area contributed by atoms with Crippen LogP contribution in [0, 0.1) is 27.4 Å². The number of piperidine rings is 1. The van der Waals surface area contributed by atoms with Crippen LogP contribution in [0.2, 0.25) is 0 Å². The molecule has 1 atom stereocenters. The highest BCUT2D eigenvalue weighted by atomic mass is 16.6. The van der Waals surface area contributed by atoms with Crippen molar-refractivity contribution in [2.24, 2.45) is 5.92 Å². The Kier molecular flexibility index (Phi) is 4.33. The first-order valence-electron chi connectivity index (χ1n) is 6.52. The van der Waals surface area contributed by atoms with Crippen molar-refractivity contribution in [3.8, 4) is 6.07 Å². The molecule has 2 rings (SSSR count). The molecule has 0 aliphatic carbocycles. The van der Waals surface area contributed by atoms with E-state index in [2.05, 4.69) is 4.98 Å². The van der Waals surface area contributed by atoms with E-state index in [0.29, 0.717) is 18.9 Å². The van der Waals surface area contributed by atoms with Gasteiger partial charge in [-0.3, -0.25) is 14.9 Å². The molecule has 0 aromatic carbocycles. The molecule has 0 spiro atoms. The molecule has 1 unspecified atom stereocenters. The van der Waals surface area contributed by atoms with E-state index in [1.807, 2.05) is 11.0 Å². The summed E-state index contributed by atoms with van der Waals surface area (Å²) in [5.74, 6) is -0.461. The largest absolute Gasteiger partial charge is 0.481 e. The summed E-state index contributed by atoms with van der Waals surface area (Å²) in [6.07, 6.45) is 2.82. The minimum atomic E-state index is -0.848. The third-order valence-corrected chi connectivity index (χ3v) is 3.47. The van der Waals surface area contributed by atoms with Crippen molar-refractivity contribution in [1.82, 2.24) is 4.98 Å². The summed E-state index contributed by atoms with van der Waals surface area (Å²) in [4.78, 5) is 26.8. The van der Waals surface area contributed by atoms with Gasteiger partial charge in [0.25, 0.3) is 5.69 Å². The quantitative estimate of drug-likeness (QED) is 0.659. The highest BCUT2D eigenvalue weighted by Crippen LogP contribution is 2.27. The Balaban J connectivity index is 2.23. The van der Waals surface area contributed by atoms with Gasteiger partial charge in [0.2, 0.25) is 0 Å². The summed E-state index contributed by atoms with van der Waals surface area (Å²) < 4.78 is 0. The van der Waals surface area contributed by atoms with Gasteiger partial charge in [0.05, 0.1) is 4.92 Å². The molecule has 2 heterocycles. The number of nitro groups is 1. The van der Waals surface area contributed by atoms with Crippen LogP contribution >= 0.6 is 0 Å². The van der Waals surface area contributed by atoms with Crippen LogP contribution in [0.25, 0.3) is 0 Å². The number of pyridine rings is 1. The Hall–Kier alpha value is -2.69. The van der Waals surface area contributed by atoms with E-state index in [0.717, 1.165) is 19.0 Å². The number of rotatable bonds is 4. The number of nitriles is 1. The van der Waals surface area contributed by atoms with Gasteiger partial charge in [-0.1, -0.05) is 0 Å². The second-order valence-electron chi connectivity index (χ2n) is 4.99. The van der Waals surface area contributed by atoms with E-state index in [4.69, 9.17) is 10.4 Å². The van der Waals surface area contributed by atoms with E-state index in [9.17, 15) is 14.9 Å². The van der Waals surface area contributed by atoms with E-state index in [1.165, 1.54) is 6.07 Å². The van der Waals surface area contributed by atoms with Crippen LogP contribution in [-0.2, 0) is 4.79 Å². The predicted molar refractivity (Wildman–Crippen MR) is 72.8 cm³/mol. The number of nitrogens with zero attached hydrogens (tertiary/aromatic N) is 4. The van der Waals surface area contributed by atoms with Crippen LogP contribution < -0.4 is 4.90 Å². The first-order chi connectivity index (χ1) is 10.0. The minimum Gasteiger partial charge on any atom is -0.481 e. The molecule has 8 heteroatoms. The average Bonchev–Trinajstić information content (AvgIpc) is 2.46. The zero-order valence-electron chi connectivity index (χ0n) is 11.2. The van der Waals surface area contributed by atoms with Crippen molar-refractivity contribution in [2.45, 2.75) is 19.3 Å². The van der Waals surface area contributed by atoms with E-state index < -0.39 is 10.9 Å². The lowest BCUT2D eigenvalue weighted by molar-refractivity contribution is -0.385. The van der Waals surface area contributed by atoms with E-state index >= 15 is 0 Å². The maximum Gasteiger partial charge on any atom is 0.303 e. The maximum absolute atomic E-state index is 10.8. The monoisotopic (exact) mass is 290 g/mol. The standard InChI is InChI=1S/C13H14N4O4/c14-6-10-5-11(17(20)21)7-15-13(10)16-3-1-2-9(8-16)4-12(18)19/h5,7,9H,1-4,8H2,(H,18,19). The normalized spacial score (nSPS) is 18.0. The molecule has 21 heavy (non-hydrogen) atoms. The van der Waals surface area contributed by atoms with Gasteiger partial charge in [0.1, 0.15) is 23.6 Å². The second-order valence-corrected chi connectivity index (χ2v) is 4.99. The number of carbonyl (C=O) groups is 1. The Morgan fingerprint density at radius 2 is 2.43 bits per heavy atom. The third-order valence-electron chi connectivity index (χ3n) is 3.47. The number of hydrogen-bond donors (Lipinski definition) is 1. The molecule has 0 bridgehead atoms. The van der Waals surface area contributed by atoms with Crippen LogP contribution in [0.5, 0.6) is 0 Å². The van der Waals surface area contributed by atoms with Crippen molar-refractivity contribution >= 4 is 17.5 Å². The molecule has 0 amide bonds. The average molecular weight is 290 g/mol. The Morgan fingerprint density at radius 3 is 3.05 bits per heavy atom. The van der Waals surface area contributed by atoms with Crippen LogP contribution in [0.3, 0.4) is 0 Å². The molecule has 110 valence electrons. The first kappa shape index (κ1) is 14.7. The van der Waals surface area contributed by atoms with Crippen molar-refractivity contribution < 1.29 is 14.8 Å². The van der Waals surface area contributed by atoms with E-state index in [-0.39, 0.29) is 23.6 Å². The molecular weight excluding hydrogens is 276 g/mol. The smallest absolute Gasteiger partial charge is 0.303 e. The molecule has 1 fully saturated rings. The van der Waals surface area contributed by atoms with Crippen LogP contribution in [0.1, 0.15) is 24.8 Å². The summed E-state index contributed by atoms with van der Waals surface area (Å²) >= 11 is 0. The van der Waals surface area contributed by atoms with Gasteiger partial charge in [-0.15, -0.1) is 0 Å². The lowest BCUT2D eigenvalue weighted by atomic mass is 9.94. The third kappa shape index (κ3) is 3.45. The van der Waals surface area contributed by atoms with Gasteiger partial charge in [-0.25, -0.2) is 4.98 Å². The lowest BCUT2D eigenvalue weighted by Crippen LogP contribution is -2.37. The lowest BCUT2D eigenvalue weighted by Gasteiger charge is -2.33. The number of aliphatic carboxylic acids is 1. The number of carboxylic acids is 1. The van der Waals surface area contributed by atoms with Gasteiger partial charge >= 0.3 is 5.97 Å². The highest BCUT2D eigenvalue weighted by molar-refractivity contribution is 5.67. The fourth-order valence-electron chi connectivity index (χ4n) is 2.55. The fraction of sp³-hybridized carbons (Fsp3) is 0.462. The van der Waals surface area contributed by atoms with Gasteiger partial charge in [-0.05, 0) is 18.8 Å². The summed E-state index contributed by atoms with van der Waals surface area (Å²) in [7, 11) is 0. The Morgan fingerprint density at radius 1 is 1.67 bits per heavy atom. The zero-order chi connectivity index (χ0) is 15.4. The van der Waals surface area contributed by atoms with Crippen molar-refractivity contribution in [2.75, 3.05) is 18.0 Å². The number of hydrogen-bond acceptors (Lipinski definition) is 6. The van der Waals surface area contributed by atoms with Crippen LogP contribution in [0.15, 0.2) is 12.3 Å². The molecule has 1 aliphatic heterocycles. The molecule has 1 N–H and O–H groups in total. The second kappa shape index (κ2) is 6.17. The molecule has 1 saturated heterocycles. The Bertz CT molecular complexity index is 611. The maximum atomic E-state index is 10.8. The highest BCUT2D eigenvalue weighted by Gasteiger charge is 2.25.